The minimum atomic E-state index is -3.77. The smallest absolute Gasteiger partial charge is 0.335 e. The largest absolute Gasteiger partial charge is 0.478 e. The molecule has 9 heteroatoms. The van der Waals surface area contributed by atoms with E-state index in [1.165, 1.54) is 22.5 Å². The van der Waals surface area contributed by atoms with Crippen LogP contribution in [0.4, 0.5) is 0 Å². The predicted octanol–water partition coefficient (Wildman–Crippen LogP) is 3.31. The maximum Gasteiger partial charge on any atom is 0.335 e. The van der Waals surface area contributed by atoms with Crippen LogP contribution in [0.5, 0.6) is 0 Å². The van der Waals surface area contributed by atoms with E-state index in [0.29, 0.717) is 43.2 Å². The summed E-state index contributed by atoms with van der Waals surface area (Å²) in [4.78, 5) is 15.8. The number of carboxylic acids is 1. The van der Waals surface area contributed by atoms with Crippen LogP contribution in [0.15, 0.2) is 57.9 Å². The molecule has 0 aliphatic carbocycles. The van der Waals surface area contributed by atoms with Crippen LogP contribution in [0.1, 0.15) is 40.6 Å². The van der Waals surface area contributed by atoms with Gasteiger partial charge in [-0.15, -0.1) is 0 Å². The van der Waals surface area contributed by atoms with E-state index < -0.39 is 16.0 Å². The second-order valence-electron chi connectivity index (χ2n) is 7.28. The zero-order valence-electron chi connectivity index (χ0n) is 16.4. The van der Waals surface area contributed by atoms with Gasteiger partial charge in [0, 0.05) is 24.6 Å². The van der Waals surface area contributed by atoms with E-state index in [1.807, 2.05) is 30.3 Å². The van der Waals surface area contributed by atoms with Crippen LogP contribution in [0.25, 0.3) is 11.4 Å². The van der Waals surface area contributed by atoms with Gasteiger partial charge in [-0.2, -0.15) is 9.29 Å². The van der Waals surface area contributed by atoms with Crippen molar-refractivity contribution in [1.29, 1.82) is 0 Å². The molecule has 1 aromatic heterocycles. The molecule has 0 amide bonds. The van der Waals surface area contributed by atoms with Gasteiger partial charge in [-0.05, 0) is 37.5 Å². The summed E-state index contributed by atoms with van der Waals surface area (Å²) in [5, 5.41) is 13.3. The number of sulfonamides is 1. The van der Waals surface area contributed by atoms with E-state index in [4.69, 9.17) is 4.52 Å². The van der Waals surface area contributed by atoms with Gasteiger partial charge in [0.05, 0.1) is 10.5 Å². The van der Waals surface area contributed by atoms with Crippen molar-refractivity contribution in [1.82, 2.24) is 14.4 Å². The predicted molar refractivity (Wildman–Crippen MR) is 109 cm³/mol. The van der Waals surface area contributed by atoms with Gasteiger partial charge in [-0.25, -0.2) is 13.2 Å². The minimum Gasteiger partial charge on any atom is -0.478 e. The zero-order chi connectivity index (χ0) is 21.3. The number of carbonyl (C=O) groups is 1. The Bertz CT molecular complexity index is 1170. The van der Waals surface area contributed by atoms with E-state index in [0.717, 1.165) is 5.56 Å². The van der Waals surface area contributed by atoms with Gasteiger partial charge in [0.2, 0.25) is 21.7 Å². The molecule has 1 N–H and O–H groups in total. The molecule has 3 aromatic rings. The van der Waals surface area contributed by atoms with Crippen molar-refractivity contribution in [3.63, 3.8) is 0 Å². The SMILES string of the molecule is Cc1ccc(S(=O)(=O)N2CCC(c3nc(-c4ccccc4)no3)CC2)cc1C(=O)O. The lowest BCUT2D eigenvalue weighted by molar-refractivity contribution is 0.0696. The molecule has 2 heterocycles. The van der Waals surface area contributed by atoms with Crippen LogP contribution < -0.4 is 0 Å². The summed E-state index contributed by atoms with van der Waals surface area (Å²) in [6.45, 7) is 2.23. The van der Waals surface area contributed by atoms with Crippen LogP contribution in [-0.4, -0.2) is 47.0 Å². The fourth-order valence-corrected chi connectivity index (χ4v) is 5.09. The van der Waals surface area contributed by atoms with E-state index in [-0.39, 0.29) is 16.4 Å². The Kier molecular flexibility index (Phi) is 5.40. The molecule has 0 atom stereocenters. The zero-order valence-corrected chi connectivity index (χ0v) is 17.2. The number of hydrogen-bond acceptors (Lipinski definition) is 6. The Labute approximate surface area is 174 Å². The highest BCUT2D eigenvalue weighted by Crippen LogP contribution is 2.31. The van der Waals surface area contributed by atoms with Crippen LogP contribution in [0.2, 0.25) is 0 Å². The van der Waals surface area contributed by atoms with Crippen molar-refractivity contribution in [3.05, 3.63) is 65.5 Å². The first-order valence-electron chi connectivity index (χ1n) is 9.59. The number of aromatic nitrogens is 2. The summed E-state index contributed by atoms with van der Waals surface area (Å²) in [5.74, 6) is -0.140. The normalized spacial score (nSPS) is 15.9. The molecule has 1 aliphatic heterocycles. The van der Waals surface area contributed by atoms with Gasteiger partial charge >= 0.3 is 5.97 Å². The molecule has 0 saturated carbocycles. The monoisotopic (exact) mass is 427 g/mol. The highest BCUT2D eigenvalue weighted by atomic mass is 32.2. The number of benzene rings is 2. The molecule has 1 aliphatic rings. The first-order chi connectivity index (χ1) is 14.4. The third-order valence-corrected chi connectivity index (χ3v) is 7.25. The first kappa shape index (κ1) is 20.2. The Morgan fingerprint density at radius 3 is 2.50 bits per heavy atom. The number of piperidine rings is 1. The molecular weight excluding hydrogens is 406 g/mol. The summed E-state index contributed by atoms with van der Waals surface area (Å²) in [6, 6.07) is 13.7. The average molecular weight is 427 g/mol. The fraction of sp³-hybridized carbons (Fsp3) is 0.286. The van der Waals surface area contributed by atoms with Gasteiger partial charge in [0.1, 0.15) is 0 Å². The molecule has 0 unspecified atom stereocenters. The summed E-state index contributed by atoms with van der Waals surface area (Å²) in [7, 11) is -3.77. The highest BCUT2D eigenvalue weighted by molar-refractivity contribution is 7.89. The maximum atomic E-state index is 13.0. The first-order valence-corrected chi connectivity index (χ1v) is 11.0. The minimum absolute atomic E-state index is 0.00639. The molecule has 156 valence electrons. The molecule has 0 radical (unpaired) electrons. The molecule has 0 spiro atoms. The summed E-state index contributed by atoms with van der Waals surface area (Å²) < 4.78 is 32.8. The molecule has 4 rings (SSSR count). The second-order valence-corrected chi connectivity index (χ2v) is 9.22. The number of aryl methyl sites for hydroxylation is 1. The van der Waals surface area contributed by atoms with E-state index >= 15 is 0 Å². The summed E-state index contributed by atoms with van der Waals surface area (Å²) >= 11 is 0. The molecular formula is C21H21N3O5S. The number of aromatic carboxylic acids is 1. The molecule has 30 heavy (non-hydrogen) atoms. The van der Waals surface area contributed by atoms with Gasteiger partial charge in [0.15, 0.2) is 0 Å². The van der Waals surface area contributed by atoms with Crippen molar-refractivity contribution in [2.24, 2.45) is 0 Å². The molecule has 1 saturated heterocycles. The lowest BCUT2D eigenvalue weighted by atomic mass is 9.98. The second kappa shape index (κ2) is 8.00. The fourth-order valence-electron chi connectivity index (χ4n) is 3.59. The van der Waals surface area contributed by atoms with Crippen LogP contribution in [0.3, 0.4) is 0 Å². The van der Waals surface area contributed by atoms with Gasteiger partial charge in [-0.1, -0.05) is 41.6 Å². The standard InChI is InChI=1S/C21H21N3O5S/c1-14-7-8-17(13-18(14)21(25)26)30(27,28)24-11-9-16(10-12-24)20-22-19(23-29-20)15-5-3-2-4-6-15/h2-8,13,16H,9-12H2,1H3,(H,25,26). The van der Waals surface area contributed by atoms with Crippen LogP contribution in [-0.2, 0) is 10.0 Å². The number of rotatable bonds is 5. The Morgan fingerprint density at radius 1 is 1.13 bits per heavy atom. The Hall–Kier alpha value is -3.04. The van der Waals surface area contributed by atoms with E-state index in [2.05, 4.69) is 10.1 Å². The molecule has 8 nitrogen and oxygen atoms in total. The van der Waals surface area contributed by atoms with Crippen molar-refractivity contribution in [3.8, 4) is 11.4 Å². The molecule has 0 bridgehead atoms. The molecule has 2 aromatic carbocycles. The maximum absolute atomic E-state index is 13.0. The van der Waals surface area contributed by atoms with Gasteiger partial charge in [0.25, 0.3) is 0 Å². The number of hydrogen-bond donors (Lipinski definition) is 1. The highest BCUT2D eigenvalue weighted by Gasteiger charge is 2.32. The average Bonchev–Trinajstić information content (AvgIpc) is 3.25. The lowest BCUT2D eigenvalue weighted by Gasteiger charge is -2.29. The summed E-state index contributed by atoms with van der Waals surface area (Å²) in [5.41, 5.74) is 1.37. The van der Waals surface area contributed by atoms with Crippen LogP contribution in [0, 0.1) is 6.92 Å². The third kappa shape index (κ3) is 3.86. The number of carboxylic acid groups (broad SMARTS) is 1. The molecule has 1 fully saturated rings. The quantitative estimate of drug-likeness (QED) is 0.664. The van der Waals surface area contributed by atoms with Crippen molar-refractivity contribution in [2.45, 2.75) is 30.6 Å². The Morgan fingerprint density at radius 2 is 1.83 bits per heavy atom. The van der Waals surface area contributed by atoms with Crippen molar-refractivity contribution in [2.75, 3.05) is 13.1 Å². The Balaban J connectivity index is 1.47. The third-order valence-electron chi connectivity index (χ3n) is 5.35. The number of nitrogens with zero attached hydrogens (tertiary/aromatic N) is 3. The summed E-state index contributed by atoms with van der Waals surface area (Å²) in [6.07, 6.45) is 1.10. The van der Waals surface area contributed by atoms with Crippen molar-refractivity contribution < 1.29 is 22.8 Å². The van der Waals surface area contributed by atoms with Crippen LogP contribution >= 0.6 is 0 Å². The van der Waals surface area contributed by atoms with E-state index in [9.17, 15) is 18.3 Å². The topological polar surface area (TPSA) is 114 Å². The van der Waals surface area contributed by atoms with Crippen molar-refractivity contribution >= 4 is 16.0 Å². The lowest BCUT2D eigenvalue weighted by Crippen LogP contribution is -2.38. The van der Waals surface area contributed by atoms with Gasteiger partial charge < -0.3 is 9.63 Å². The van der Waals surface area contributed by atoms with E-state index in [1.54, 1.807) is 6.92 Å². The van der Waals surface area contributed by atoms with Gasteiger partial charge in [-0.3, -0.25) is 0 Å².